The highest BCUT2D eigenvalue weighted by Gasteiger charge is 2.16. The lowest BCUT2D eigenvalue weighted by molar-refractivity contribution is -0.250. The molecule has 8 heteroatoms. The number of aromatic nitrogens is 3. The molecule has 138 valence electrons. The molecule has 0 fully saturated rings. The second-order valence-corrected chi connectivity index (χ2v) is 7.12. The average molecular weight is 419 g/mol. The molecule has 0 bridgehead atoms. The molecule has 26 heavy (non-hydrogen) atoms. The van der Waals surface area contributed by atoms with Gasteiger partial charge in [0.25, 0.3) is 0 Å². The molecule has 0 atom stereocenters. The number of benzene rings is 1. The van der Waals surface area contributed by atoms with Crippen molar-refractivity contribution >= 4 is 49.8 Å². The van der Waals surface area contributed by atoms with E-state index in [1.807, 2.05) is 18.2 Å². The number of amides is 1. The first-order valence-corrected chi connectivity index (χ1v) is 9.49. The Bertz CT molecular complexity index is 954. The molecule has 0 unspecified atom stereocenters. The number of nitrogens with one attached hydrogen (secondary N) is 1. The van der Waals surface area contributed by atoms with Crippen molar-refractivity contribution in [2.24, 2.45) is 0 Å². The van der Waals surface area contributed by atoms with E-state index in [-0.39, 0.29) is 0 Å². The quantitative estimate of drug-likeness (QED) is 0.573. The van der Waals surface area contributed by atoms with Crippen molar-refractivity contribution in [1.82, 2.24) is 19.9 Å². The fraction of sp³-hybridized carbons (Fsp3) is 0.389. The summed E-state index contributed by atoms with van der Waals surface area (Å²) in [5, 5.41) is 13.8. The zero-order valence-electron chi connectivity index (χ0n) is 14.6. The van der Waals surface area contributed by atoms with E-state index in [9.17, 15) is 9.90 Å². The number of carboxylic acid groups (broad SMARTS) is 1. The molecular weight excluding hydrogens is 398 g/mol. The fourth-order valence-electron chi connectivity index (χ4n) is 3.17. The van der Waals surface area contributed by atoms with Crippen molar-refractivity contribution in [1.29, 1.82) is 0 Å². The van der Waals surface area contributed by atoms with Crippen LogP contribution in [0.15, 0.2) is 22.7 Å². The van der Waals surface area contributed by atoms with Crippen molar-refractivity contribution in [2.75, 3.05) is 12.3 Å². The van der Waals surface area contributed by atoms with Gasteiger partial charge in [-0.2, -0.15) is 0 Å². The summed E-state index contributed by atoms with van der Waals surface area (Å²) in [5.74, 6) is 1.42. The van der Waals surface area contributed by atoms with Crippen LogP contribution in [0, 0.1) is 0 Å². The second-order valence-electron chi connectivity index (χ2n) is 6.21. The van der Waals surface area contributed by atoms with Crippen LogP contribution in [-0.2, 0) is 13.0 Å². The first-order valence-electron chi connectivity index (χ1n) is 8.70. The van der Waals surface area contributed by atoms with E-state index in [1.54, 1.807) is 0 Å². The number of nitrogens with zero attached hydrogens (tertiary/aromatic N) is 3. The summed E-state index contributed by atoms with van der Waals surface area (Å²) < 4.78 is 3.15. The van der Waals surface area contributed by atoms with Crippen LogP contribution in [-0.4, -0.2) is 27.2 Å². The minimum absolute atomic E-state index is 0.384. The van der Waals surface area contributed by atoms with Crippen LogP contribution in [0.25, 0.3) is 21.9 Å². The average Bonchev–Trinajstić information content (AvgIpc) is 2.94. The first-order chi connectivity index (χ1) is 12.5. The monoisotopic (exact) mass is 418 g/mol. The van der Waals surface area contributed by atoms with Crippen LogP contribution in [0.1, 0.15) is 32.0 Å². The summed E-state index contributed by atoms with van der Waals surface area (Å²) in [4.78, 5) is 19.7. The normalized spacial score (nSPS) is 11.3. The van der Waals surface area contributed by atoms with Gasteiger partial charge in [-0.05, 0) is 37.5 Å². The molecule has 1 amide bonds. The summed E-state index contributed by atoms with van der Waals surface area (Å²) in [6.45, 7) is 3.24. The Morgan fingerprint density at radius 1 is 1.35 bits per heavy atom. The number of fused-ring (bicyclic) bond motifs is 3. The molecule has 3 rings (SSSR count). The molecule has 0 aliphatic carbocycles. The van der Waals surface area contributed by atoms with Crippen molar-refractivity contribution < 1.29 is 9.90 Å². The zero-order chi connectivity index (χ0) is 18.7. The molecule has 0 saturated heterocycles. The Kier molecular flexibility index (Phi) is 5.61. The highest BCUT2D eigenvalue weighted by Crippen LogP contribution is 2.31. The molecule has 2 aromatic heterocycles. The number of aryl methyl sites for hydroxylation is 2. The van der Waals surface area contributed by atoms with Crippen molar-refractivity contribution in [3.05, 3.63) is 28.5 Å². The Balaban J connectivity index is 2.01. The summed E-state index contributed by atoms with van der Waals surface area (Å²) >= 11 is 3.48. The number of nitrogen functional groups attached to an aromatic ring is 1. The maximum Gasteiger partial charge on any atom is 0.152 e. The number of hydrogen-bond donors (Lipinski definition) is 2. The number of carbonyl (C=O) groups is 1. The summed E-state index contributed by atoms with van der Waals surface area (Å²) in [5.41, 5.74) is 8.73. The van der Waals surface area contributed by atoms with Crippen molar-refractivity contribution in [2.45, 2.75) is 39.2 Å². The third kappa shape index (κ3) is 3.75. The van der Waals surface area contributed by atoms with Gasteiger partial charge in [-0.1, -0.05) is 22.9 Å². The minimum atomic E-state index is -1.24. The largest absolute Gasteiger partial charge is 0.530 e. The molecule has 3 aromatic rings. The zero-order valence-corrected chi connectivity index (χ0v) is 16.2. The number of carbonyl (C=O) groups excluding carboxylic acids is 1. The minimum Gasteiger partial charge on any atom is -0.530 e. The number of rotatable bonds is 7. The summed E-state index contributed by atoms with van der Waals surface area (Å²) in [6.07, 6.45) is 2.14. The highest BCUT2D eigenvalue weighted by molar-refractivity contribution is 9.10. The predicted octanol–water partition coefficient (Wildman–Crippen LogP) is 2.59. The number of hydrogen-bond acceptors (Lipinski definition) is 5. The maximum absolute atomic E-state index is 10.5. The first kappa shape index (κ1) is 18.4. The number of pyridine rings is 1. The van der Waals surface area contributed by atoms with E-state index in [0.29, 0.717) is 12.4 Å². The van der Waals surface area contributed by atoms with E-state index in [0.717, 1.165) is 64.5 Å². The van der Waals surface area contributed by atoms with Gasteiger partial charge in [0.05, 0.1) is 11.0 Å². The van der Waals surface area contributed by atoms with Crippen LogP contribution in [0.3, 0.4) is 0 Å². The van der Waals surface area contributed by atoms with Gasteiger partial charge in [0.15, 0.2) is 5.82 Å². The second kappa shape index (κ2) is 7.90. The molecule has 2 heterocycles. The number of nitrogens with two attached hydrogens (primary N) is 1. The lowest BCUT2D eigenvalue weighted by Gasteiger charge is -2.11. The van der Waals surface area contributed by atoms with E-state index >= 15 is 0 Å². The van der Waals surface area contributed by atoms with E-state index < -0.39 is 6.09 Å². The fourth-order valence-corrected chi connectivity index (χ4v) is 3.52. The summed E-state index contributed by atoms with van der Waals surface area (Å²) in [6, 6.07) is 5.96. The summed E-state index contributed by atoms with van der Waals surface area (Å²) in [7, 11) is 0. The number of anilines is 1. The van der Waals surface area contributed by atoms with Gasteiger partial charge in [0.1, 0.15) is 17.4 Å². The standard InChI is InChI=1S/C18H22BrN5O2/c1-2-5-14-23-15-16(24(14)9-4-3-8-21-18(25)26)12-7-6-11(19)10-13(12)22-17(15)20/h6-7,10,21H,2-5,8-9H2,1H3,(H2,20,22)(H,25,26)/p-1. The van der Waals surface area contributed by atoms with E-state index in [2.05, 4.69) is 37.7 Å². The Morgan fingerprint density at radius 2 is 2.15 bits per heavy atom. The topological polar surface area (TPSA) is 109 Å². The molecule has 7 nitrogen and oxygen atoms in total. The van der Waals surface area contributed by atoms with Crippen LogP contribution in [0.4, 0.5) is 10.6 Å². The van der Waals surface area contributed by atoms with Crippen LogP contribution in [0.2, 0.25) is 0 Å². The van der Waals surface area contributed by atoms with Gasteiger partial charge in [-0.3, -0.25) is 0 Å². The molecule has 3 N–H and O–H groups in total. The van der Waals surface area contributed by atoms with Crippen LogP contribution >= 0.6 is 15.9 Å². The Labute approximate surface area is 159 Å². The van der Waals surface area contributed by atoms with E-state index in [4.69, 9.17) is 10.7 Å². The lowest BCUT2D eigenvalue weighted by atomic mass is 10.2. The molecule has 0 spiro atoms. The molecule has 0 radical (unpaired) electrons. The number of unbranched alkanes of at least 4 members (excludes halogenated alkanes) is 1. The van der Waals surface area contributed by atoms with Gasteiger partial charge in [0, 0.05) is 29.4 Å². The van der Waals surface area contributed by atoms with Gasteiger partial charge in [-0.25, -0.2) is 9.97 Å². The van der Waals surface area contributed by atoms with Crippen LogP contribution < -0.4 is 16.2 Å². The van der Waals surface area contributed by atoms with Crippen molar-refractivity contribution in [3.63, 3.8) is 0 Å². The van der Waals surface area contributed by atoms with E-state index in [1.165, 1.54) is 0 Å². The molecule has 1 aromatic carbocycles. The molecule has 0 aliphatic heterocycles. The van der Waals surface area contributed by atoms with Gasteiger partial charge in [0.2, 0.25) is 0 Å². The third-order valence-corrected chi connectivity index (χ3v) is 4.79. The Hall–Kier alpha value is -2.35. The van der Waals surface area contributed by atoms with Crippen LogP contribution in [0.5, 0.6) is 0 Å². The highest BCUT2D eigenvalue weighted by atomic mass is 79.9. The van der Waals surface area contributed by atoms with Gasteiger partial charge >= 0.3 is 0 Å². The molecule has 0 aliphatic rings. The third-order valence-electron chi connectivity index (χ3n) is 4.30. The Morgan fingerprint density at radius 3 is 2.88 bits per heavy atom. The molecule has 0 saturated carbocycles. The number of imidazole rings is 1. The smallest absolute Gasteiger partial charge is 0.152 e. The van der Waals surface area contributed by atoms with Gasteiger partial charge in [-0.15, -0.1) is 0 Å². The number of halogens is 1. The van der Waals surface area contributed by atoms with Crippen molar-refractivity contribution in [3.8, 4) is 0 Å². The lowest BCUT2D eigenvalue weighted by Crippen LogP contribution is -2.36. The molecular formula is C18H21BrN5O2-. The van der Waals surface area contributed by atoms with Gasteiger partial charge < -0.3 is 25.5 Å². The SMILES string of the molecule is CCCc1nc2c(N)nc3cc(Br)ccc3c2n1CCCCNC(=O)[O-]. The predicted molar refractivity (Wildman–Crippen MR) is 104 cm³/mol. The maximum atomic E-state index is 10.5.